The maximum atomic E-state index is 12.0. The summed E-state index contributed by atoms with van der Waals surface area (Å²) >= 11 is 0. The molecule has 2 aliphatic rings. The average molecular weight is 440 g/mol. The smallest absolute Gasteiger partial charge is 0.262 e. The van der Waals surface area contributed by atoms with Crippen LogP contribution in [0.15, 0.2) is 28.9 Å². The zero-order chi connectivity index (χ0) is 22.5. The fourth-order valence-electron chi connectivity index (χ4n) is 4.41. The molecule has 0 spiro atoms. The van der Waals surface area contributed by atoms with Gasteiger partial charge in [-0.2, -0.15) is 5.10 Å². The normalized spacial score (nSPS) is 21.1. The molecule has 1 saturated heterocycles. The molecular formula is C23H29N5O4. The van der Waals surface area contributed by atoms with E-state index in [0.717, 1.165) is 42.6 Å². The van der Waals surface area contributed by atoms with Gasteiger partial charge in [-0.25, -0.2) is 4.52 Å². The Kier molecular flexibility index (Phi) is 5.17. The zero-order valence-corrected chi connectivity index (χ0v) is 18.9. The highest BCUT2D eigenvalue weighted by molar-refractivity contribution is 5.93. The molecule has 9 heteroatoms. The van der Waals surface area contributed by atoms with Crippen LogP contribution in [0.3, 0.4) is 0 Å². The van der Waals surface area contributed by atoms with Gasteiger partial charge in [0.25, 0.3) is 5.88 Å². The van der Waals surface area contributed by atoms with Crippen molar-refractivity contribution >= 4 is 17.2 Å². The van der Waals surface area contributed by atoms with Gasteiger partial charge in [-0.1, -0.05) is 0 Å². The summed E-state index contributed by atoms with van der Waals surface area (Å²) in [4.78, 5) is 14.3. The number of rotatable bonds is 6. The van der Waals surface area contributed by atoms with Gasteiger partial charge in [0.05, 0.1) is 16.7 Å². The van der Waals surface area contributed by atoms with Gasteiger partial charge in [-0.3, -0.25) is 4.79 Å². The Bertz CT molecular complexity index is 1150. The summed E-state index contributed by atoms with van der Waals surface area (Å²) < 4.78 is 19.4. The van der Waals surface area contributed by atoms with Crippen LogP contribution in [0.5, 0.6) is 5.88 Å². The fourth-order valence-corrected chi connectivity index (χ4v) is 4.41. The fraction of sp³-hybridized carbons (Fsp3) is 0.522. The predicted molar refractivity (Wildman–Crippen MR) is 119 cm³/mol. The van der Waals surface area contributed by atoms with E-state index in [2.05, 4.69) is 41.4 Å². The molecule has 1 aliphatic heterocycles. The van der Waals surface area contributed by atoms with Gasteiger partial charge in [-0.05, 0) is 63.5 Å². The standard InChI is InChI=1S/C23H29N5O4/c1-14-20(22(26-32-14)30-12-18-11-27(4)13-23(2,3)31-18)16-7-8-28-17(9-16)10-19(25-28)24-21(29)15-5-6-15/h7-10,15,18H,5-6,11-13H2,1-4H3,(H,24,25,29)/t18-/m1/s1. The summed E-state index contributed by atoms with van der Waals surface area (Å²) in [6.07, 6.45) is 3.72. The number of hydrogen-bond donors (Lipinski definition) is 1. The maximum Gasteiger partial charge on any atom is 0.262 e. The quantitative estimate of drug-likeness (QED) is 0.631. The van der Waals surface area contributed by atoms with Crippen LogP contribution < -0.4 is 10.1 Å². The molecule has 1 saturated carbocycles. The van der Waals surface area contributed by atoms with E-state index >= 15 is 0 Å². The van der Waals surface area contributed by atoms with Crippen molar-refractivity contribution in [2.45, 2.75) is 45.3 Å². The predicted octanol–water partition coefficient (Wildman–Crippen LogP) is 3.13. The van der Waals surface area contributed by atoms with Gasteiger partial charge in [0.15, 0.2) is 5.82 Å². The van der Waals surface area contributed by atoms with Gasteiger partial charge in [0.2, 0.25) is 5.91 Å². The molecule has 2 fully saturated rings. The summed E-state index contributed by atoms with van der Waals surface area (Å²) in [6.45, 7) is 8.11. The zero-order valence-electron chi connectivity index (χ0n) is 18.9. The second-order valence-electron chi connectivity index (χ2n) is 9.50. The van der Waals surface area contributed by atoms with E-state index in [4.69, 9.17) is 14.0 Å². The van der Waals surface area contributed by atoms with Crippen LogP contribution in [0, 0.1) is 12.8 Å². The number of pyridine rings is 1. The molecule has 0 bridgehead atoms. The van der Waals surface area contributed by atoms with Crippen molar-refractivity contribution < 1.29 is 18.8 Å². The van der Waals surface area contributed by atoms with Gasteiger partial charge >= 0.3 is 0 Å². The third-order valence-corrected chi connectivity index (χ3v) is 5.84. The van der Waals surface area contributed by atoms with Crippen LogP contribution in [-0.2, 0) is 9.53 Å². The van der Waals surface area contributed by atoms with E-state index in [9.17, 15) is 4.79 Å². The molecule has 170 valence electrons. The molecule has 1 atom stereocenters. The van der Waals surface area contributed by atoms with Gasteiger partial charge in [0.1, 0.15) is 18.5 Å². The molecule has 32 heavy (non-hydrogen) atoms. The summed E-state index contributed by atoms with van der Waals surface area (Å²) in [5.41, 5.74) is 2.36. The van der Waals surface area contributed by atoms with Crippen LogP contribution >= 0.6 is 0 Å². The first-order valence-corrected chi connectivity index (χ1v) is 11.0. The minimum Gasteiger partial charge on any atom is -0.472 e. The Morgan fingerprint density at radius 3 is 2.91 bits per heavy atom. The number of carbonyl (C=O) groups excluding carboxylic acids is 1. The Labute approximate surface area is 186 Å². The number of anilines is 1. The van der Waals surface area contributed by atoms with E-state index in [1.165, 1.54) is 0 Å². The number of aromatic nitrogens is 3. The van der Waals surface area contributed by atoms with E-state index in [-0.39, 0.29) is 23.5 Å². The molecule has 1 N–H and O–H groups in total. The van der Waals surface area contributed by atoms with Gasteiger partial charge in [-0.15, -0.1) is 0 Å². The van der Waals surface area contributed by atoms with Crippen LogP contribution in [-0.4, -0.2) is 64.0 Å². The van der Waals surface area contributed by atoms with Crippen LogP contribution in [0.1, 0.15) is 32.4 Å². The average Bonchev–Trinajstić information content (AvgIpc) is 3.39. The lowest BCUT2D eigenvalue weighted by molar-refractivity contribution is -0.141. The largest absolute Gasteiger partial charge is 0.472 e. The molecule has 9 nitrogen and oxygen atoms in total. The van der Waals surface area contributed by atoms with E-state index in [0.29, 0.717) is 24.1 Å². The minimum absolute atomic E-state index is 0.0398. The van der Waals surface area contributed by atoms with Crippen molar-refractivity contribution in [1.29, 1.82) is 0 Å². The maximum absolute atomic E-state index is 12.0. The van der Waals surface area contributed by atoms with Crippen molar-refractivity contribution in [1.82, 2.24) is 19.7 Å². The first-order chi connectivity index (χ1) is 15.3. The number of carbonyl (C=O) groups is 1. The topological polar surface area (TPSA) is 94.1 Å². The molecule has 0 aromatic carbocycles. The number of nitrogens with one attached hydrogen (secondary N) is 1. The van der Waals surface area contributed by atoms with E-state index in [1.54, 1.807) is 4.52 Å². The van der Waals surface area contributed by atoms with Crippen molar-refractivity contribution in [3.63, 3.8) is 0 Å². The number of amides is 1. The van der Waals surface area contributed by atoms with Crippen molar-refractivity contribution in [2.24, 2.45) is 5.92 Å². The van der Waals surface area contributed by atoms with E-state index < -0.39 is 0 Å². The van der Waals surface area contributed by atoms with Gasteiger partial charge < -0.3 is 24.2 Å². The Hall–Kier alpha value is -2.91. The van der Waals surface area contributed by atoms with Crippen LogP contribution in [0.2, 0.25) is 0 Å². The highest BCUT2D eigenvalue weighted by Crippen LogP contribution is 2.34. The molecule has 1 amide bonds. The number of nitrogens with zero attached hydrogens (tertiary/aromatic N) is 4. The Morgan fingerprint density at radius 1 is 1.34 bits per heavy atom. The second-order valence-corrected chi connectivity index (χ2v) is 9.50. The Morgan fingerprint density at radius 2 is 2.16 bits per heavy atom. The minimum atomic E-state index is -0.219. The third kappa shape index (κ3) is 4.35. The number of morpholine rings is 1. The lowest BCUT2D eigenvalue weighted by atomic mass is 10.1. The van der Waals surface area contributed by atoms with Crippen molar-refractivity contribution in [2.75, 3.05) is 32.1 Å². The number of hydrogen-bond acceptors (Lipinski definition) is 7. The number of aryl methyl sites for hydroxylation is 1. The summed E-state index contributed by atoms with van der Waals surface area (Å²) in [5, 5.41) is 11.5. The molecule has 3 aromatic rings. The SMILES string of the molecule is Cc1onc(OC[C@H]2CN(C)CC(C)(C)O2)c1-c1ccn2nc(NC(=O)C3CC3)cc2c1. The first kappa shape index (κ1) is 21.0. The molecular weight excluding hydrogens is 410 g/mol. The molecule has 4 heterocycles. The number of fused-ring (bicyclic) bond motifs is 1. The van der Waals surface area contributed by atoms with Crippen LogP contribution in [0.4, 0.5) is 5.82 Å². The second kappa shape index (κ2) is 7.90. The monoisotopic (exact) mass is 439 g/mol. The molecule has 0 radical (unpaired) electrons. The third-order valence-electron chi connectivity index (χ3n) is 5.84. The number of ether oxygens (including phenoxy) is 2. The summed E-state index contributed by atoms with van der Waals surface area (Å²) in [5.74, 6) is 1.85. The highest BCUT2D eigenvalue weighted by Gasteiger charge is 2.33. The molecule has 0 unspecified atom stereocenters. The first-order valence-electron chi connectivity index (χ1n) is 11.0. The summed E-state index contributed by atoms with van der Waals surface area (Å²) in [6, 6.07) is 5.79. The summed E-state index contributed by atoms with van der Waals surface area (Å²) in [7, 11) is 2.09. The lowest BCUT2D eigenvalue weighted by Gasteiger charge is -2.40. The van der Waals surface area contributed by atoms with Crippen LogP contribution in [0.25, 0.3) is 16.6 Å². The van der Waals surface area contributed by atoms with Gasteiger partial charge in [0, 0.05) is 31.3 Å². The van der Waals surface area contributed by atoms with Crippen molar-refractivity contribution in [3.05, 3.63) is 30.2 Å². The van der Waals surface area contributed by atoms with Crippen molar-refractivity contribution in [3.8, 4) is 17.0 Å². The van der Waals surface area contributed by atoms with E-state index in [1.807, 2.05) is 31.3 Å². The molecule has 1 aliphatic carbocycles. The molecule has 3 aromatic heterocycles. The Balaban J connectivity index is 1.34. The number of likely N-dealkylation sites (N-methyl/N-ethyl adjacent to an activating group) is 1. The lowest BCUT2D eigenvalue weighted by Crippen LogP contribution is -2.52. The highest BCUT2D eigenvalue weighted by atomic mass is 16.6. The molecule has 5 rings (SSSR count).